The number of rotatable bonds is 3. The van der Waals surface area contributed by atoms with Gasteiger partial charge in [-0.3, -0.25) is 9.69 Å². The smallest absolute Gasteiger partial charge is 0.323 e. The van der Waals surface area contributed by atoms with E-state index < -0.39 is 11.8 Å². The SMILES string of the molecule is O=C(Nc1cccc(F)c1)Nc1ccc2n(c1=O)C[C@H]1C[C@@H]2CN(C2CCOCC2)C1. The molecule has 2 aromatic rings. The summed E-state index contributed by atoms with van der Waals surface area (Å²) in [5.41, 5.74) is 1.44. The summed E-state index contributed by atoms with van der Waals surface area (Å²) in [7, 11) is 0. The number of nitrogens with zero attached hydrogens (tertiary/aromatic N) is 2. The molecule has 7 nitrogen and oxygen atoms in total. The molecule has 0 aliphatic carbocycles. The lowest BCUT2D eigenvalue weighted by Gasteiger charge is -2.46. The van der Waals surface area contributed by atoms with Gasteiger partial charge in [-0.2, -0.15) is 0 Å². The Morgan fingerprint density at radius 2 is 1.90 bits per heavy atom. The second-order valence-electron chi connectivity index (χ2n) is 8.77. The predicted molar refractivity (Wildman–Crippen MR) is 116 cm³/mol. The van der Waals surface area contributed by atoms with E-state index in [1.165, 1.54) is 18.2 Å². The van der Waals surface area contributed by atoms with Crippen LogP contribution in [-0.4, -0.2) is 47.8 Å². The van der Waals surface area contributed by atoms with Crippen LogP contribution in [0, 0.1) is 11.7 Å². The van der Waals surface area contributed by atoms with Crippen LogP contribution in [0.25, 0.3) is 0 Å². The monoisotopic (exact) mass is 426 g/mol. The molecule has 3 aliphatic heterocycles. The van der Waals surface area contributed by atoms with E-state index in [1.807, 2.05) is 10.6 Å². The number of anilines is 2. The molecule has 3 aliphatic rings. The number of likely N-dealkylation sites (tertiary alicyclic amines) is 1. The van der Waals surface area contributed by atoms with Crippen molar-refractivity contribution in [1.82, 2.24) is 9.47 Å². The summed E-state index contributed by atoms with van der Waals surface area (Å²) in [5, 5.41) is 5.19. The quantitative estimate of drug-likeness (QED) is 0.790. The fourth-order valence-electron chi connectivity index (χ4n) is 5.28. The molecule has 2 N–H and O–H groups in total. The van der Waals surface area contributed by atoms with Crippen LogP contribution in [0.2, 0.25) is 0 Å². The molecule has 0 radical (unpaired) electrons. The highest BCUT2D eigenvalue weighted by atomic mass is 19.1. The van der Waals surface area contributed by atoms with Gasteiger partial charge in [-0.15, -0.1) is 0 Å². The molecule has 2 amide bonds. The van der Waals surface area contributed by atoms with Gasteiger partial charge in [0.05, 0.1) is 0 Å². The second-order valence-corrected chi connectivity index (χ2v) is 8.77. The van der Waals surface area contributed by atoms with Crippen molar-refractivity contribution < 1.29 is 13.9 Å². The molecular weight excluding hydrogens is 399 g/mol. The summed E-state index contributed by atoms with van der Waals surface area (Å²) >= 11 is 0. The van der Waals surface area contributed by atoms with Crippen LogP contribution in [0.15, 0.2) is 41.2 Å². The summed E-state index contributed by atoms with van der Waals surface area (Å²) < 4.78 is 20.7. The van der Waals surface area contributed by atoms with Crippen molar-refractivity contribution in [2.24, 2.45) is 5.92 Å². The topological polar surface area (TPSA) is 75.6 Å². The fraction of sp³-hybridized carbons (Fsp3) is 0.478. The zero-order chi connectivity index (χ0) is 21.4. The normalized spacial score (nSPS) is 23.8. The molecule has 0 saturated carbocycles. The number of amides is 2. The molecule has 2 atom stereocenters. The number of benzene rings is 1. The van der Waals surface area contributed by atoms with Gasteiger partial charge in [-0.1, -0.05) is 6.07 Å². The van der Waals surface area contributed by atoms with Crippen LogP contribution in [0.4, 0.5) is 20.6 Å². The number of pyridine rings is 1. The van der Waals surface area contributed by atoms with Gasteiger partial charge in [0, 0.05) is 56.2 Å². The third-order valence-electron chi connectivity index (χ3n) is 6.67. The van der Waals surface area contributed by atoms with Gasteiger partial charge in [0.25, 0.3) is 5.56 Å². The number of nitrogens with one attached hydrogen (secondary N) is 2. The number of ether oxygens (including phenoxy) is 1. The first-order valence-electron chi connectivity index (χ1n) is 11.0. The molecule has 2 fully saturated rings. The predicted octanol–water partition coefficient (Wildman–Crippen LogP) is 3.23. The molecule has 0 spiro atoms. The van der Waals surface area contributed by atoms with Crippen LogP contribution in [0.3, 0.4) is 0 Å². The number of carbonyl (C=O) groups excluding carboxylic acids is 1. The van der Waals surface area contributed by atoms with E-state index in [4.69, 9.17) is 4.74 Å². The number of aromatic nitrogens is 1. The second kappa shape index (κ2) is 8.43. The van der Waals surface area contributed by atoms with Crippen LogP contribution in [-0.2, 0) is 11.3 Å². The standard InChI is InChI=1S/C23H27FN4O3/c24-17-2-1-3-18(11-17)25-23(30)26-20-4-5-21-16-10-15(13-28(21)22(20)29)12-27(14-16)19-6-8-31-9-7-19/h1-5,11,15-16,19H,6-10,12-14H2,(H2,25,26,30)/t15-,16+/m0/s1. The fourth-order valence-corrected chi connectivity index (χ4v) is 5.28. The molecule has 31 heavy (non-hydrogen) atoms. The molecule has 1 aromatic heterocycles. The zero-order valence-corrected chi connectivity index (χ0v) is 17.4. The molecule has 2 bridgehead atoms. The van der Waals surface area contributed by atoms with E-state index in [0.717, 1.165) is 51.3 Å². The van der Waals surface area contributed by atoms with Gasteiger partial charge < -0.3 is 19.9 Å². The molecule has 2 saturated heterocycles. The summed E-state index contributed by atoms with van der Waals surface area (Å²) in [4.78, 5) is 28.0. The summed E-state index contributed by atoms with van der Waals surface area (Å²) in [6.07, 6.45) is 3.26. The van der Waals surface area contributed by atoms with E-state index in [2.05, 4.69) is 15.5 Å². The van der Waals surface area contributed by atoms with Crippen molar-refractivity contribution in [1.29, 1.82) is 0 Å². The van der Waals surface area contributed by atoms with Crippen molar-refractivity contribution in [2.45, 2.75) is 37.8 Å². The van der Waals surface area contributed by atoms with E-state index in [0.29, 0.717) is 30.1 Å². The lowest BCUT2D eigenvalue weighted by molar-refractivity contribution is 0.00589. The Bertz CT molecular complexity index is 1030. The molecule has 164 valence electrons. The van der Waals surface area contributed by atoms with E-state index in [-0.39, 0.29) is 11.2 Å². The number of urea groups is 1. The first kappa shape index (κ1) is 20.2. The first-order chi connectivity index (χ1) is 15.1. The van der Waals surface area contributed by atoms with Crippen LogP contribution in [0.1, 0.15) is 30.9 Å². The van der Waals surface area contributed by atoms with E-state index in [9.17, 15) is 14.0 Å². The van der Waals surface area contributed by atoms with Gasteiger partial charge >= 0.3 is 6.03 Å². The number of halogens is 1. The van der Waals surface area contributed by atoms with Crippen molar-refractivity contribution in [2.75, 3.05) is 36.9 Å². The molecule has 1 aromatic carbocycles. The maximum atomic E-state index is 13.3. The molecule has 8 heteroatoms. The van der Waals surface area contributed by atoms with E-state index >= 15 is 0 Å². The molecule has 4 heterocycles. The highest BCUT2D eigenvalue weighted by Crippen LogP contribution is 2.37. The van der Waals surface area contributed by atoms with Gasteiger partial charge in [0.15, 0.2) is 0 Å². The Kier molecular flexibility index (Phi) is 5.50. The van der Waals surface area contributed by atoms with Gasteiger partial charge in [-0.05, 0) is 55.5 Å². The summed E-state index contributed by atoms with van der Waals surface area (Å²) in [6.45, 7) is 4.31. The van der Waals surface area contributed by atoms with Crippen molar-refractivity contribution >= 4 is 17.4 Å². The van der Waals surface area contributed by atoms with Crippen LogP contribution in [0.5, 0.6) is 0 Å². The third kappa shape index (κ3) is 4.22. The largest absolute Gasteiger partial charge is 0.381 e. The Hall–Kier alpha value is -2.71. The highest BCUT2D eigenvalue weighted by molar-refractivity contribution is 5.99. The number of piperidine rings is 1. The zero-order valence-electron chi connectivity index (χ0n) is 17.4. The highest BCUT2D eigenvalue weighted by Gasteiger charge is 2.37. The summed E-state index contributed by atoms with van der Waals surface area (Å²) in [6, 6.07) is 9.30. The van der Waals surface area contributed by atoms with Gasteiger partial charge in [0.1, 0.15) is 11.5 Å². The average Bonchev–Trinajstić information content (AvgIpc) is 2.76. The third-order valence-corrected chi connectivity index (χ3v) is 6.67. The lowest BCUT2D eigenvalue weighted by Crippen LogP contribution is -2.51. The Morgan fingerprint density at radius 1 is 1.06 bits per heavy atom. The minimum atomic E-state index is -0.565. The molecule has 5 rings (SSSR count). The van der Waals surface area contributed by atoms with Gasteiger partial charge in [-0.25, -0.2) is 9.18 Å². The number of carbonyl (C=O) groups is 1. The van der Waals surface area contributed by atoms with Gasteiger partial charge in [0.2, 0.25) is 0 Å². The summed E-state index contributed by atoms with van der Waals surface area (Å²) in [5.74, 6) is 0.328. The van der Waals surface area contributed by atoms with E-state index in [1.54, 1.807) is 12.1 Å². The molecular formula is C23H27FN4O3. The lowest BCUT2D eigenvalue weighted by atomic mass is 9.82. The van der Waals surface area contributed by atoms with Crippen molar-refractivity contribution in [3.05, 3.63) is 58.3 Å². The number of hydrogen-bond donors (Lipinski definition) is 2. The Balaban J connectivity index is 1.31. The van der Waals surface area contributed by atoms with Crippen LogP contribution >= 0.6 is 0 Å². The van der Waals surface area contributed by atoms with Crippen molar-refractivity contribution in [3.63, 3.8) is 0 Å². The van der Waals surface area contributed by atoms with Crippen LogP contribution < -0.4 is 16.2 Å². The maximum Gasteiger partial charge on any atom is 0.323 e. The Morgan fingerprint density at radius 3 is 2.71 bits per heavy atom. The Labute approximate surface area is 180 Å². The van der Waals surface area contributed by atoms with Crippen molar-refractivity contribution in [3.8, 4) is 0 Å². The average molecular weight is 426 g/mol. The minimum absolute atomic E-state index is 0.180. The number of hydrogen-bond acceptors (Lipinski definition) is 4. The first-order valence-corrected chi connectivity index (χ1v) is 11.0. The molecule has 0 unspecified atom stereocenters. The minimum Gasteiger partial charge on any atom is -0.381 e. The maximum absolute atomic E-state index is 13.3. The number of fused-ring (bicyclic) bond motifs is 4.